The van der Waals surface area contributed by atoms with E-state index in [1.807, 2.05) is 13.8 Å². The second kappa shape index (κ2) is 43.7. The van der Waals surface area contributed by atoms with Gasteiger partial charge in [0.1, 0.15) is 66.5 Å². The molecule has 0 bridgehead atoms. The highest BCUT2D eigenvalue weighted by Crippen LogP contribution is 2.22. The molecule has 2 heterocycles. The summed E-state index contributed by atoms with van der Waals surface area (Å²) in [6, 6.07) is -8.32. The molecular weight excluding hydrogens is 1320 g/mol. The number of amides is 11. The van der Waals surface area contributed by atoms with E-state index in [1.165, 1.54) is 16.7 Å². The third kappa shape index (κ3) is 28.1. The third-order valence-electron chi connectivity index (χ3n) is 15.8. The van der Waals surface area contributed by atoms with E-state index in [9.17, 15) is 72.9 Å². The number of nitrogens with two attached hydrogens (primary N) is 6. The van der Waals surface area contributed by atoms with E-state index >= 15 is 0 Å². The van der Waals surface area contributed by atoms with Crippen LogP contribution in [0.2, 0.25) is 0 Å². The topological polar surface area (TPSA) is 586 Å². The van der Waals surface area contributed by atoms with Crippen LogP contribution >= 0.6 is 24.4 Å². The predicted octanol–water partition coefficient (Wildman–Crippen LogP) is -5.80. The molecule has 1 aliphatic heterocycles. The number of carbonyl (C=O) groups excluding carboxylic acids is 11. The van der Waals surface area contributed by atoms with Crippen molar-refractivity contribution in [2.45, 2.75) is 171 Å². The van der Waals surface area contributed by atoms with Crippen molar-refractivity contribution in [3.05, 3.63) is 36.0 Å². The van der Waals surface area contributed by atoms with E-state index in [-0.39, 0.29) is 114 Å². The van der Waals surface area contributed by atoms with E-state index in [2.05, 4.69) is 80.8 Å². The van der Waals surface area contributed by atoms with Crippen LogP contribution in [-0.2, 0) is 64.0 Å². The number of hydrogen-bond acceptors (Lipinski definition) is 20. The number of likely N-dealkylation sites (tertiary alicyclic amines) is 1. The van der Waals surface area contributed by atoms with Crippen LogP contribution in [0.15, 0.2) is 40.4 Å². The van der Waals surface area contributed by atoms with Gasteiger partial charge in [-0.1, -0.05) is 45.9 Å². The Morgan fingerprint density at radius 2 is 1.11 bits per heavy atom. The van der Waals surface area contributed by atoms with Crippen LogP contribution in [-0.4, -0.2) is 238 Å². The molecule has 0 saturated carbocycles. The summed E-state index contributed by atoms with van der Waals surface area (Å²) in [5.74, 6) is -11.8. The smallest absolute Gasteiger partial charge is 0.328 e. The molecule has 548 valence electrons. The number of aromatic nitrogens is 1. The minimum Gasteiger partial charge on any atom is -0.480 e. The number of nitrogens with zero attached hydrogens (tertiary/aromatic N) is 3. The van der Waals surface area contributed by atoms with Gasteiger partial charge in [0, 0.05) is 48.9 Å². The summed E-state index contributed by atoms with van der Waals surface area (Å²) < 4.78 is 0. The molecule has 0 radical (unpaired) electrons. The van der Waals surface area contributed by atoms with E-state index in [0.717, 1.165) is 0 Å². The highest BCUT2D eigenvalue weighted by molar-refractivity contribution is 7.98. The Kier molecular flexibility index (Phi) is 37.3. The summed E-state index contributed by atoms with van der Waals surface area (Å²) in [4.78, 5) is 178. The number of aliphatic imine (C=N–C) groups is 2. The van der Waals surface area contributed by atoms with Crippen molar-refractivity contribution in [1.82, 2.24) is 63.1 Å². The molecule has 0 aliphatic carbocycles. The standard InChI is InChI=1S/C61H102N20O15S2/c1-32(2)25-41(71-47(84)27-63)52(88)73-39(17-11-22-69-61(66)67)51(87)76-42(26-34-28-70-36-14-7-6-13-35(34)36)53(89)77-43(29-82)54(90)74-38(16-10-21-68-60(64)65)49(85)72-37(15-8-9-20-62)50(86)75-40(19-24-98-5)58(94)81-23-12-18-46(81)56(92)79-45(31-97)55(91)80-48(33(3)4)57(93)78-44(30-83)59(95)96/h6-7,13-14,28,32-33,37-46,48,70,82-83,97H,8-12,15-27,29-31,62-63H2,1-5H3,(H,71,84)(H,72,85)(H,73,88)(H,74,90)(H,75,86)(H,76,87)(H,77,89)(H,78,93)(H,79,92)(H,80,91)(H,95,96)(H4,64,65,68)(H4,66,67,69)/t37-,38-,39-,40-,41-,42-,43-,44-,45-,46-,48-/m0/s1. The summed E-state index contributed by atoms with van der Waals surface area (Å²) >= 11 is 5.61. The average Bonchev–Trinajstić information content (AvgIpc) is 1.64. The van der Waals surface area contributed by atoms with Gasteiger partial charge >= 0.3 is 5.97 Å². The first-order chi connectivity index (χ1) is 46.5. The molecule has 26 N–H and O–H groups in total. The van der Waals surface area contributed by atoms with E-state index in [0.29, 0.717) is 35.1 Å². The van der Waals surface area contributed by atoms with Gasteiger partial charge in [-0.2, -0.15) is 24.4 Å². The minimum absolute atomic E-state index is 0.0290. The number of guanidine groups is 2. The molecule has 0 spiro atoms. The first kappa shape index (κ1) is 83.7. The maximum atomic E-state index is 14.7. The molecule has 37 heteroatoms. The summed E-state index contributed by atoms with van der Waals surface area (Å²) in [6.45, 7) is 4.69. The number of benzene rings is 1. The summed E-state index contributed by atoms with van der Waals surface area (Å²) in [5.41, 5.74) is 34.9. The first-order valence-corrected chi connectivity index (χ1v) is 34.5. The van der Waals surface area contributed by atoms with Crippen molar-refractivity contribution in [1.29, 1.82) is 0 Å². The zero-order valence-electron chi connectivity index (χ0n) is 56.1. The number of unbranched alkanes of at least 4 members (excludes halogenated alkanes) is 1. The van der Waals surface area contributed by atoms with E-state index in [1.54, 1.807) is 50.6 Å². The number of rotatable bonds is 45. The summed E-state index contributed by atoms with van der Waals surface area (Å²) in [7, 11) is 0. The molecule has 1 aliphatic rings. The fourth-order valence-electron chi connectivity index (χ4n) is 10.5. The molecule has 1 saturated heterocycles. The number of H-pyrrole nitrogens is 1. The first-order valence-electron chi connectivity index (χ1n) is 32.5. The largest absolute Gasteiger partial charge is 0.480 e. The Morgan fingerprint density at radius 1 is 0.612 bits per heavy atom. The van der Waals surface area contributed by atoms with Crippen molar-refractivity contribution >= 4 is 118 Å². The van der Waals surface area contributed by atoms with Gasteiger partial charge in [0.2, 0.25) is 65.0 Å². The second-order valence-corrected chi connectivity index (χ2v) is 25.6. The number of aliphatic hydroxyl groups excluding tert-OH is 2. The minimum atomic E-state index is -1.80. The lowest BCUT2D eigenvalue weighted by molar-refractivity contribution is -0.144. The van der Waals surface area contributed by atoms with Crippen LogP contribution in [0.3, 0.4) is 0 Å². The van der Waals surface area contributed by atoms with Crippen LogP contribution in [0.1, 0.15) is 104 Å². The number of hydrogen-bond donors (Lipinski definition) is 21. The molecule has 1 aromatic heterocycles. The number of thioether (sulfide) groups is 1. The van der Waals surface area contributed by atoms with Crippen LogP contribution < -0.4 is 87.6 Å². The van der Waals surface area contributed by atoms with Crippen molar-refractivity contribution in [2.75, 3.05) is 63.7 Å². The number of thiol groups is 1. The van der Waals surface area contributed by atoms with Crippen LogP contribution in [0.4, 0.5) is 0 Å². The van der Waals surface area contributed by atoms with Crippen molar-refractivity contribution < 1.29 is 72.9 Å². The Morgan fingerprint density at radius 3 is 1.62 bits per heavy atom. The number of aliphatic carboxylic acids is 1. The molecule has 3 rings (SSSR count). The van der Waals surface area contributed by atoms with E-state index in [4.69, 9.17) is 34.4 Å². The average molecular weight is 1420 g/mol. The molecule has 0 unspecified atom stereocenters. The normalized spacial score (nSPS) is 15.8. The number of para-hydroxylation sites is 1. The lowest BCUT2D eigenvalue weighted by Gasteiger charge is -2.31. The van der Waals surface area contributed by atoms with Crippen molar-refractivity contribution in [3.63, 3.8) is 0 Å². The molecule has 11 amide bonds. The summed E-state index contributed by atoms with van der Waals surface area (Å²) in [5, 5.41) is 56.0. The third-order valence-corrected chi connectivity index (χ3v) is 16.8. The Bertz CT molecular complexity index is 3060. The van der Waals surface area contributed by atoms with Crippen molar-refractivity contribution in [2.24, 2.45) is 56.2 Å². The van der Waals surface area contributed by atoms with Gasteiger partial charge in [-0.25, -0.2) is 4.79 Å². The molecule has 1 aromatic carbocycles. The van der Waals surface area contributed by atoms with Gasteiger partial charge in [-0.3, -0.25) is 62.7 Å². The maximum Gasteiger partial charge on any atom is 0.328 e. The molecule has 35 nitrogen and oxygen atoms in total. The van der Waals surface area contributed by atoms with Crippen LogP contribution in [0.5, 0.6) is 0 Å². The van der Waals surface area contributed by atoms with Crippen LogP contribution in [0, 0.1) is 11.8 Å². The lowest BCUT2D eigenvalue weighted by Crippen LogP contribution is -2.61. The van der Waals surface area contributed by atoms with Gasteiger partial charge in [0.05, 0.1) is 19.8 Å². The van der Waals surface area contributed by atoms with Gasteiger partial charge < -0.3 is 113 Å². The van der Waals surface area contributed by atoms with Gasteiger partial charge in [0.15, 0.2) is 11.9 Å². The number of carboxylic acids is 1. The zero-order valence-corrected chi connectivity index (χ0v) is 57.9. The fraction of sp³-hybridized carbons (Fsp3) is 0.639. The highest BCUT2D eigenvalue weighted by Gasteiger charge is 2.41. The quantitative estimate of drug-likeness (QED) is 0.0127. The summed E-state index contributed by atoms with van der Waals surface area (Å²) in [6.07, 6.45) is 4.49. The SMILES string of the molecule is CSCC[C@H](NC(=O)[C@H](CCCCN)NC(=O)[C@H](CCCN=C(N)N)NC(=O)[C@H](CO)NC(=O)[C@H](Cc1c[nH]c2ccccc12)NC(=O)[C@H](CCCN=C(N)N)NC(=O)[C@H](CC(C)C)NC(=O)CN)C(=O)N1CCC[C@H]1C(=O)N[C@@H](CS)C(=O)N[C@H](C(=O)N[C@@H](CO)C(=O)O)C(C)C. The van der Waals surface area contributed by atoms with Crippen molar-refractivity contribution in [3.8, 4) is 0 Å². The number of aliphatic hydroxyl groups is 2. The zero-order chi connectivity index (χ0) is 73.2. The van der Waals surface area contributed by atoms with Gasteiger partial charge in [0.25, 0.3) is 0 Å². The molecule has 2 aromatic rings. The van der Waals surface area contributed by atoms with Gasteiger partial charge in [-0.05, 0) is 113 Å². The predicted molar refractivity (Wildman–Crippen MR) is 371 cm³/mol. The molecule has 11 atom stereocenters. The Hall–Kier alpha value is -8.52. The van der Waals surface area contributed by atoms with E-state index < -0.39 is 163 Å². The lowest BCUT2D eigenvalue weighted by atomic mass is 10.0. The van der Waals surface area contributed by atoms with Crippen LogP contribution in [0.25, 0.3) is 10.9 Å². The number of fused-ring (bicyclic) bond motifs is 1. The highest BCUT2D eigenvalue weighted by atomic mass is 32.2. The molecule has 1 fully saturated rings. The number of carboxylic acid groups (broad SMARTS) is 1. The molecular formula is C61H102N20O15S2. The molecule has 98 heavy (non-hydrogen) atoms. The van der Waals surface area contributed by atoms with Gasteiger partial charge in [-0.15, -0.1) is 0 Å². The number of carbonyl (C=O) groups is 12. The number of aromatic amines is 1. The Labute approximate surface area is 578 Å². The fourth-order valence-corrected chi connectivity index (χ4v) is 11.2. The monoisotopic (exact) mass is 1420 g/mol. The maximum absolute atomic E-state index is 14.7. The Balaban J connectivity index is 1.96. The number of nitrogens with one attached hydrogen (secondary N) is 11. The second-order valence-electron chi connectivity index (χ2n) is 24.3.